The van der Waals surface area contributed by atoms with Crippen LogP contribution in [0.3, 0.4) is 0 Å². The molecule has 0 aliphatic carbocycles. The maximum atomic E-state index is 11.8. The molecule has 0 aliphatic heterocycles. The molecule has 0 saturated carbocycles. The van der Waals surface area contributed by atoms with Crippen molar-refractivity contribution in [1.82, 2.24) is 0 Å². The number of anilines is 1. The first-order valence-corrected chi connectivity index (χ1v) is 6.64. The van der Waals surface area contributed by atoms with Gasteiger partial charge in [0.1, 0.15) is 5.60 Å². The molecule has 1 aromatic carbocycles. The minimum absolute atomic E-state index is 0.165. The van der Waals surface area contributed by atoms with Gasteiger partial charge in [-0.3, -0.25) is 10.1 Å². The molecular formula is C15H21NO5. The van der Waals surface area contributed by atoms with Crippen molar-refractivity contribution < 1.29 is 23.8 Å². The van der Waals surface area contributed by atoms with E-state index in [9.17, 15) is 9.59 Å². The molecule has 0 aromatic heterocycles. The van der Waals surface area contributed by atoms with Crippen molar-refractivity contribution in [2.45, 2.75) is 39.7 Å². The van der Waals surface area contributed by atoms with Gasteiger partial charge < -0.3 is 14.2 Å². The first-order chi connectivity index (χ1) is 9.76. The number of nitrogens with one attached hydrogen (secondary N) is 1. The average molecular weight is 295 g/mol. The Morgan fingerprint density at radius 1 is 1.24 bits per heavy atom. The second kappa shape index (κ2) is 6.97. The summed E-state index contributed by atoms with van der Waals surface area (Å²) < 4.78 is 15.5. The van der Waals surface area contributed by atoms with Gasteiger partial charge in [0.15, 0.2) is 11.5 Å². The number of carbonyl (C=O) groups is 2. The largest absolute Gasteiger partial charge is 0.493 e. The van der Waals surface area contributed by atoms with Gasteiger partial charge in [0.25, 0.3) is 0 Å². The Kier molecular flexibility index (Phi) is 5.58. The van der Waals surface area contributed by atoms with Crippen molar-refractivity contribution in [3.63, 3.8) is 0 Å². The fourth-order valence-corrected chi connectivity index (χ4v) is 1.48. The van der Waals surface area contributed by atoms with Crippen LogP contribution in [0, 0.1) is 0 Å². The molecule has 1 rings (SSSR count). The van der Waals surface area contributed by atoms with E-state index in [0.29, 0.717) is 11.4 Å². The zero-order chi connectivity index (χ0) is 16.0. The molecule has 21 heavy (non-hydrogen) atoms. The van der Waals surface area contributed by atoms with E-state index in [1.807, 2.05) is 0 Å². The molecule has 0 bridgehead atoms. The van der Waals surface area contributed by atoms with Crippen LogP contribution in [-0.4, -0.2) is 24.8 Å². The molecule has 0 saturated heterocycles. The van der Waals surface area contributed by atoms with Gasteiger partial charge >= 0.3 is 12.1 Å². The van der Waals surface area contributed by atoms with Gasteiger partial charge in [-0.2, -0.15) is 0 Å². The SMILES string of the molecule is CCC(=O)Oc1c(NC(=O)OC(C)(C)C)cccc1OC. The zero-order valence-corrected chi connectivity index (χ0v) is 13.0. The molecule has 6 nitrogen and oxygen atoms in total. The topological polar surface area (TPSA) is 73.9 Å². The number of methoxy groups -OCH3 is 1. The molecule has 1 amide bonds. The summed E-state index contributed by atoms with van der Waals surface area (Å²) >= 11 is 0. The van der Waals surface area contributed by atoms with Gasteiger partial charge in [0, 0.05) is 6.42 Å². The van der Waals surface area contributed by atoms with Crippen LogP contribution in [0.4, 0.5) is 10.5 Å². The third-order valence-corrected chi connectivity index (χ3v) is 2.34. The summed E-state index contributed by atoms with van der Waals surface area (Å²) in [5, 5.41) is 2.55. The van der Waals surface area contributed by atoms with Crippen LogP contribution in [0.5, 0.6) is 11.5 Å². The lowest BCUT2D eigenvalue weighted by Gasteiger charge is -2.20. The van der Waals surface area contributed by atoms with Crippen molar-refractivity contribution in [1.29, 1.82) is 0 Å². The number of esters is 1. The number of benzene rings is 1. The standard InChI is InChI=1S/C15H21NO5/c1-6-12(17)20-13-10(8-7-9-11(13)19-5)16-14(18)21-15(2,3)4/h7-9H,6H2,1-5H3,(H,16,18). The lowest BCUT2D eigenvalue weighted by Crippen LogP contribution is -2.27. The molecule has 0 unspecified atom stereocenters. The molecule has 0 spiro atoms. The van der Waals surface area contributed by atoms with Gasteiger partial charge in [-0.25, -0.2) is 4.79 Å². The van der Waals surface area contributed by atoms with Crippen molar-refractivity contribution >= 4 is 17.7 Å². The summed E-state index contributed by atoms with van der Waals surface area (Å²) in [6.07, 6.45) is -0.422. The average Bonchev–Trinajstić information content (AvgIpc) is 2.38. The fraction of sp³-hybridized carbons (Fsp3) is 0.467. The van der Waals surface area contributed by atoms with E-state index in [2.05, 4.69) is 5.32 Å². The molecule has 1 aromatic rings. The molecule has 6 heteroatoms. The van der Waals surface area contributed by atoms with Crippen LogP contribution in [0.1, 0.15) is 34.1 Å². The van der Waals surface area contributed by atoms with Crippen LogP contribution in [0.25, 0.3) is 0 Å². The number of ether oxygens (including phenoxy) is 3. The first kappa shape index (κ1) is 16.8. The summed E-state index contributed by atoms with van der Waals surface area (Å²) in [6.45, 7) is 6.96. The summed E-state index contributed by atoms with van der Waals surface area (Å²) in [4.78, 5) is 23.3. The number of carbonyl (C=O) groups excluding carboxylic acids is 2. The molecule has 0 aliphatic rings. The predicted octanol–water partition coefficient (Wildman–Crippen LogP) is 3.36. The van der Waals surface area contributed by atoms with E-state index in [1.54, 1.807) is 45.9 Å². The quantitative estimate of drug-likeness (QED) is 0.681. The molecule has 0 fully saturated rings. The van der Waals surface area contributed by atoms with Crippen molar-refractivity contribution in [2.75, 3.05) is 12.4 Å². The number of hydrogen-bond donors (Lipinski definition) is 1. The minimum atomic E-state index is -0.635. The molecular weight excluding hydrogens is 274 g/mol. The van der Waals surface area contributed by atoms with Gasteiger partial charge in [-0.05, 0) is 32.9 Å². The maximum absolute atomic E-state index is 11.8. The summed E-state index contributed by atoms with van der Waals surface area (Å²) in [5.41, 5.74) is -0.311. The normalized spacial score (nSPS) is 10.7. The third kappa shape index (κ3) is 5.33. The summed E-state index contributed by atoms with van der Waals surface area (Å²) in [6, 6.07) is 4.91. The number of amides is 1. The Labute approximate surface area is 124 Å². The summed E-state index contributed by atoms with van der Waals surface area (Å²) in [5.74, 6) is 0.0924. The smallest absolute Gasteiger partial charge is 0.412 e. The highest BCUT2D eigenvalue weighted by Crippen LogP contribution is 2.35. The Balaban J connectivity index is 3.00. The lowest BCUT2D eigenvalue weighted by molar-refractivity contribution is -0.134. The Morgan fingerprint density at radius 3 is 2.43 bits per heavy atom. The van der Waals surface area contributed by atoms with Gasteiger partial charge in [0.05, 0.1) is 12.8 Å². The van der Waals surface area contributed by atoms with Crippen molar-refractivity contribution in [2.24, 2.45) is 0 Å². The molecule has 0 radical (unpaired) electrons. The lowest BCUT2D eigenvalue weighted by atomic mass is 10.2. The van der Waals surface area contributed by atoms with Crippen molar-refractivity contribution in [3.8, 4) is 11.5 Å². The number of para-hydroxylation sites is 1. The van der Waals surface area contributed by atoms with Gasteiger partial charge in [-0.15, -0.1) is 0 Å². The Morgan fingerprint density at radius 2 is 1.90 bits per heavy atom. The first-order valence-electron chi connectivity index (χ1n) is 6.64. The van der Waals surface area contributed by atoms with E-state index in [0.717, 1.165) is 0 Å². The second-order valence-corrected chi connectivity index (χ2v) is 5.29. The maximum Gasteiger partial charge on any atom is 0.412 e. The molecule has 116 valence electrons. The van der Waals surface area contributed by atoms with E-state index < -0.39 is 17.7 Å². The third-order valence-electron chi connectivity index (χ3n) is 2.34. The minimum Gasteiger partial charge on any atom is -0.493 e. The van der Waals surface area contributed by atoms with E-state index in [4.69, 9.17) is 14.2 Å². The van der Waals surface area contributed by atoms with Crippen LogP contribution in [-0.2, 0) is 9.53 Å². The van der Waals surface area contributed by atoms with Crippen LogP contribution >= 0.6 is 0 Å². The second-order valence-electron chi connectivity index (χ2n) is 5.29. The van der Waals surface area contributed by atoms with Crippen LogP contribution in [0.2, 0.25) is 0 Å². The van der Waals surface area contributed by atoms with E-state index in [1.165, 1.54) is 7.11 Å². The zero-order valence-electron chi connectivity index (χ0n) is 13.0. The van der Waals surface area contributed by atoms with Crippen LogP contribution in [0.15, 0.2) is 18.2 Å². The number of rotatable bonds is 4. The number of hydrogen-bond acceptors (Lipinski definition) is 5. The molecule has 0 heterocycles. The Bertz CT molecular complexity index is 519. The highest BCUT2D eigenvalue weighted by Gasteiger charge is 2.20. The van der Waals surface area contributed by atoms with Gasteiger partial charge in [-0.1, -0.05) is 13.0 Å². The molecule has 0 atom stereocenters. The van der Waals surface area contributed by atoms with E-state index in [-0.39, 0.29) is 12.2 Å². The fourth-order valence-electron chi connectivity index (χ4n) is 1.48. The van der Waals surface area contributed by atoms with Crippen molar-refractivity contribution in [3.05, 3.63) is 18.2 Å². The summed E-state index contributed by atoms with van der Waals surface area (Å²) in [7, 11) is 1.45. The van der Waals surface area contributed by atoms with E-state index >= 15 is 0 Å². The van der Waals surface area contributed by atoms with Crippen LogP contribution < -0.4 is 14.8 Å². The molecule has 1 N–H and O–H groups in total. The monoisotopic (exact) mass is 295 g/mol. The predicted molar refractivity (Wildman–Crippen MR) is 78.8 cm³/mol. The highest BCUT2D eigenvalue weighted by molar-refractivity contribution is 5.89. The van der Waals surface area contributed by atoms with Gasteiger partial charge in [0.2, 0.25) is 0 Å². The highest BCUT2D eigenvalue weighted by atomic mass is 16.6. The Hall–Kier alpha value is -2.24.